The molecule has 0 aromatic carbocycles. The van der Waals surface area contributed by atoms with E-state index in [1.807, 2.05) is 6.07 Å². The Balaban J connectivity index is 2.18. The molecule has 0 radical (unpaired) electrons. The third-order valence-electron chi connectivity index (χ3n) is 2.78. The highest BCUT2D eigenvalue weighted by Crippen LogP contribution is 2.41. The Labute approximate surface area is 84.4 Å². The molecule has 0 bridgehead atoms. The highest BCUT2D eigenvalue weighted by molar-refractivity contribution is 5.26. The van der Waals surface area contributed by atoms with Crippen molar-refractivity contribution in [2.45, 2.75) is 44.9 Å². The Hall–Kier alpha value is -0.920. The topological polar surface area (TPSA) is 12.9 Å². The lowest BCUT2D eigenvalue weighted by Crippen LogP contribution is -1.99. The van der Waals surface area contributed by atoms with E-state index in [1.165, 1.54) is 0 Å². The third kappa shape index (κ3) is 1.94. The molecule has 0 amide bonds. The number of hydrogen-bond donors (Lipinski definition) is 0. The predicted octanol–water partition coefficient (Wildman–Crippen LogP) is 3.44. The zero-order chi connectivity index (χ0) is 9.97. The van der Waals surface area contributed by atoms with E-state index >= 15 is 0 Å². The minimum absolute atomic E-state index is 0.0385. The van der Waals surface area contributed by atoms with Crippen molar-refractivity contribution in [2.24, 2.45) is 0 Å². The maximum atomic E-state index is 13.8. The third-order valence-corrected chi connectivity index (χ3v) is 2.78. The fourth-order valence-corrected chi connectivity index (χ4v) is 1.73. The van der Waals surface area contributed by atoms with Crippen molar-refractivity contribution in [1.82, 2.24) is 4.98 Å². The van der Waals surface area contributed by atoms with E-state index in [4.69, 9.17) is 0 Å². The maximum Gasteiger partial charge on any atom is 0.148 e. The number of aryl methyl sites for hydroxylation is 1. The quantitative estimate of drug-likeness (QED) is 0.713. The molecule has 1 nitrogen and oxygen atoms in total. The zero-order valence-corrected chi connectivity index (χ0v) is 8.59. The van der Waals surface area contributed by atoms with Gasteiger partial charge in [-0.15, -0.1) is 0 Å². The van der Waals surface area contributed by atoms with Gasteiger partial charge in [-0.2, -0.15) is 0 Å². The summed E-state index contributed by atoms with van der Waals surface area (Å²) in [6.07, 6.45) is 6.94. The van der Waals surface area contributed by atoms with Crippen LogP contribution in [0, 0.1) is 5.82 Å². The van der Waals surface area contributed by atoms with Crippen molar-refractivity contribution in [3.8, 4) is 0 Å². The lowest BCUT2D eigenvalue weighted by Gasteiger charge is -2.05. The second-order valence-electron chi connectivity index (χ2n) is 4.04. The van der Waals surface area contributed by atoms with E-state index in [0.717, 1.165) is 37.7 Å². The van der Waals surface area contributed by atoms with Crippen LogP contribution in [0.4, 0.5) is 4.39 Å². The van der Waals surface area contributed by atoms with Gasteiger partial charge in [0.25, 0.3) is 0 Å². The van der Waals surface area contributed by atoms with E-state index in [-0.39, 0.29) is 5.82 Å². The first-order valence-electron chi connectivity index (χ1n) is 5.46. The molecule has 1 aromatic rings. The van der Waals surface area contributed by atoms with Gasteiger partial charge in [-0.05, 0) is 43.2 Å². The van der Waals surface area contributed by atoms with Crippen LogP contribution in [0.1, 0.15) is 49.8 Å². The summed E-state index contributed by atoms with van der Waals surface area (Å²) in [6, 6.07) is 1.84. The molecular formula is C12H16FN. The average Bonchev–Trinajstić information content (AvgIpc) is 3.00. The smallest absolute Gasteiger partial charge is 0.148 e. The van der Waals surface area contributed by atoms with Crippen LogP contribution < -0.4 is 0 Å². The van der Waals surface area contributed by atoms with Crippen molar-refractivity contribution < 1.29 is 4.39 Å². The summed E-state index contributed by atoms with van der Waals surface area (Å²) in [5, 5.41) is 0. The first kappa shape index (κ1) is 9.63. The van der Waals surface area contributed by atoms with Crippen LogP contribution in [-0.4, -0.2) is 4.98 Å². The van der Waals surface area contributed by atoms with Gasteiger partial charge in [-0.25, -0.2) is 4.39 Å². The van der Waals surface area contributed by atoms with Gasteiger partial charge < -0.3 is 0 Å². The van der Waals surface area contributed by atoms with E-state index in [9.17, 15) is 4.39 Å². The molecule has 1 heterocycles. The Kier molecular flexibility index (Phi) is 2.80. The minimum atomic E-state index is -0.0385. The molecule has 0 N–H and O–H groups in total. The van der Waals surface area contributed by atoms with Crippen LogP contribution in [0.15, 0.2) is 12.3 Å². The first-order valence-corrected chi connectivity index (χ1v) is 5.46. The molecule has 14 heavy (non-hydrogen) atoms. The highest BCUT2D eigenvalue weighted by Gasteiger charge is 2.27. The molecule has 1 fully saturated rings. The summed E-state index contributed by atoms with van der Waals surface area (Å²) in [4.78, 5) is 4.11. The molecule has 2 rings (SSSR count). The summed E-state index contributed by atoms with van der Waals surface area (Å²) >= 11 is 0. The van der Waals surface area contributed by atoms with Crippen LogP contribution in [0.2, 0.25) is 0 Å². The van der Waals surface area contributed by atoms with Crippen molar-refractivity contribution in [2.75, 3.05) is 0 Å². The van der Waals surface area contributed by atoms with Gasteiger partial charge in [0.05, 0.1) is 5.69 Å². The number of pyridine rings is 1. The second kappa shape index (κ2) is 4.07. The number of aromatic nitrogens is 1. The fraction of sp³-hybridized carbons (Fsp3) is 0.583. The molecule has 0 aliphatic heterocycles. The Bertz CT molecular complexity index is 318. The lowest BCUT2D eigenvalue weighted by molar-refractivity contribution is 0.576. The SMILES string of the molecule is CCCCc1nccc(C2CC2)c1F. The predicted molar refractivity (Wildman–Crippen MR) is 54.8 cm³/mol. The number of halogens is 1. The molecular weight excluding hydrogens is 177 g/mol. The van der Waals surface area contributed by atoms with E-state index < -0.39 is 0 Å². The van der Waals surface area contributed by atoms with Gasteiger partial charge in [0.2, 0.25) is 0 Å². The van der Waals surface area contributed by atoms with Gasteiger partial charge in [0, 0.05) is 6.20 Å². The van der Waals surface area contributed by atoms with Crippen LogP contribution in [0.5, 0.6) is 0 Å². The van der Waals surface area contributed by atoms with Crippen LogP contribution in [-0.2, 0) is 6.42 Å². The normalized spacial score (nSPS) is 15.9. The molecule has 0 atom stereocenters. The Morgan fingerprint density at radius 3 is 2.93 bits per heavy atom. The summed E-state index contributed by atoms with van der Waals surface area (Å²) in [5.74, 6) is 0.446. The molecule has 1 aromatic heterocycles. The zero-order valence-electron chi connectivity index (χ0n) is 8.59. The highest BCUT2D eigenvalue weighted by atomic mass is 19.1. The van der Waals surface area contributed by atoms with Crippen molar-refractivity contribution in [3.05, 3.63) is 29.3 Å². The molecule has 76 valence electrons. The average molecular weight is 193 g/mol. The number of nitrogens with zero attached hydrogens (tertiary/aromatic N) is 1. The summed E-state index contributed by atoms with van der Waals surface area (Å²) < 4.78 is 13.8. The number of unbranched alkanes of at least 4 members (excludes halogenated alkanes) is 1. The number of rotatable bonds is 4. The van der Waals surface area contributed by atoms with Crippen molar-refractivity contribution in [3.63, 3.8) is 0 Å². The van der Waals surface area contributed by atoms with Gasteiger partial charge in [-0.3, -0.25) is 4.98 Å². The van der Waals surface area contributed by atoms with Crippen molar-refractivity contribution in [1.29, 1.82) is 0 Å². The molecule has 0 spiro atoms. The van der Waals surface area contributed by atoms with Gasteiger partial charge in [-0.1, -0.05) is 13.3 Å². The fourth-order valence-electron chi connectivity index (χ4n) is 1.73. The van der Waals surface area contributed by atoms with Crippen LogP contribution in [0.3, 0.4) is 0 Å². The van der Waals surface area contributed by atoms with Crippen LogP contribution in [0.25, 0.3) is 0 Å². The summed E-state index contributed by atoms with van der Waals surface area (Å²) in [5.41, 5.74) is 1.56. The molecule has 1 aliphatic rings. The lowest BCUT2D eigenvalue weighted by atomic mass is 10.1. The van der Waals surface area contributed by atoms with E-state index in [0.29, 0.717) is 11.6 Å². The number of hydrogen-bond acceptors (Lipinski definition) is 1. The monoisotopic (exact) mass is 193 g/mol. The van der Waals surface area contributed by atoms with Gasteiger partial charge in [0.15, 0.2) is 0 Å². The van der Waals surface area contributed by atoms with E-state index in [2.05, 4.69) is 11.9 Å². The Morgan fingerprint density at radius 1 is 1.50 bits per heavy atom. The first-order chi connectivity index (χ1) is 6.83. The van der Waals surface area contributed by atoms with Gasteiger partial charge >= 0.3 is 0 Å². The van der Waals surface area contributed by atoms with Crippen molar-refractivity contribution >= 4 is 0 Å². The molecule has 0 saturated heterocycles. The summed E-state index contributed by atoms with van der Waals surface area (Å²) in [6.45, 7) is 2.11. The second-order valence-corrected chi connectivity index (χ2v) is 4.04. The summed E-state index contributed by atoms with van der Waals surface area (Å²) in [7, 11) is 0. The van der Waals surface area contributed by atoms with Crippen LogP contribution >= 0.6 is 0 Å². The maximum absolute atomic E-state index is 13.8. The molecule has 1 aliphatic carbocycles. The largest absolute Gasteiger partial charge is 0.258 e. The van der Waals surface area contributed by atoms with Gasteiger partial charge in [0.1, 0.15) is 5.82 Å². The minimum Gasteiger partial charge on any atom is -0.258 e. The van der Waals surface area contributed by atoms with E-state index in [1.54, 1.807) is 6.20 Å². The molecule has 0 unspecified atom stereocenters. The molecule has 2 heteroatoms. The molecule has 1 saturated carbocycles. The Morgan fingerprint density at radius 2 is 2.29 bits per heavy atom. The standard InChI is InChI=1S/C12H16FN/c1-2-3-4-11-12(13)10(7-8-14-11)9-5-6-9/h7-9H,2-6H2,1H3.